The predicted molar refractivity (Wildman–Crippen MR) is 126 cm³/mol. The van der Waals surface area contributed by atoms with Gasteiger partial charge < -0.3 is 20.4 Å². The summed E-state index contributed by atoms with van der Waals surface area (Å²) in [6.45, 7) is 0. The number of aromatic nitrogens is 2. The smallest absolute Gasteiger partial charge is 0.324 e. The van der Waals surface area contributed by atoms with Crippen molar-refractivity contribution in [1.29, 1.82) is 5.26 Å². The number of carbonyl (C=O) groups excluding carboxylic acids is 2. The van der Waals surface area contributed by atoms with Crippen LogP contribution >= 0.6 is 0 Å². The zero-order valence-corrected chi connectivity index (χ0v) is 20.7. The van der Waals surface area contributed by atoms with Crippen LogP contribution < -0.4 is 5.73 Å². The molecular formula is C26H36N6O3. The van der Waals surface area contributed by atoms with E-state index in [1.165, 1.54) is 0 Å². The standard InChI is InChI=1S/C26H36N6O3/c1-31(2)20(8-21-29-3-4-30-21)24(34)35-26-11-15-5-16(12-26)10-25(9-15,14-26)22(28)23(33)32-18(13-27)6-17-7-19(17)32/h3-4,15-20,22H,5-12,14,28H2,1-2H3,(H,29,30). The van der Waals surface area contributed by atoms with Gasteiger partial charge in [0.1, 0.15) is 23.5 Å². The molecule has 7 unspecified atom stereocenters. The molecule has 0 spiro atoms. The van der Waals surface area contributed by atoms with Gasteiger partial charge in [-0.2, -0.15) is 5.26 Å². The Morgan fingerprint density at radius 2 is 2.03 bits per heavy atom. The summed E-state index contributed by atoms with van der Waals surface area (Å²) in [5.74, 6) is 1.78. The predicted octanol–water partition coefficient (Wildman–Crippen LogP) is 1.60. The normalized spacial score (nSPS) is 40.3. The molecule has 6 aliphatic rings. The highest BCUT2D eigenvalue weighted by molar-refractivity contribution is 5.84. The van der Waals surface area contributed by atoms with Crippen LogP contribution in [0.4, 0.5) is 0 Å². The summed E-state index contributed by atoms with van der Waals surface area (Å²) in [7, 11) is 3.77. The third kappa shape index (κ3) is 3.77. The van der Waals surface area contributed by atoms with Gasteiger partial charge in [-0.1, -0.05) is 0 Å². The highest BCUT2D eigenvalue weighted by Crippen LogP contribution is 2.64. The van der Waals surface area contributed by atoms with Crippen LogP contribution in [0.1, 0.15) is 57.2 Å². The topological polar surface area (TPSA) is 128 Å². The van der Waals surface area contributed by atoms with Gasteiger partial charge in [0, 0.05) is 24.9 Å². The van der Waals surface area contributed by atoms with E-state index in [2.05, 4.69) is 16.0 Å². The molecule has 5 saturated carbocycles. The van der Waals surface area contributed by atoms with Crippen molar-refractivity contribution < 1.29 is 14.3 Å². The number of likely N-dealkylation sites (N-methyl/N-ethyl adjacent to an activating group) is 1. The van der Waals surface area contributed by atoms with Crippen molar-refractivity contribution in [2.45, 2.75) is 87.6 Å². The first-order chi connectivity index (χ1) is 16.7. The maximum Gasteiger partial charge on any atom is 0.324 e. The lowest BCUT2D eigenvalue weighted by atomic mass is 9.46. The Morgan fingerprint density at radius 3 is 2.66 bits per heavy atom. The van der Waals surface area contributed by atoms with Gasteiger partial charge in [0.15, 0.2) is 0 Å². The summed E-state index contributed by atoms with van der Waals surface area (Å²) in [5, 5.41) is 9.62. The lowest BCUT2D eigenvalue weighted by molar-refractivity contribution is -0.209. The van der Waals surface area contributed by atoms with Gasteiger partial charge in [-0.3, -0.25) is 14.5 Å². The Hall–Kier alpha value is -2.44. The van der Waals surface area contributed by atoms with Crippen LogP contribution in [0.25, 0.3) is 0 Å². The maximum atomic E-state index is 13.7. The Morgan fingerprint density at radius 1 is 1.29 bits per heavy atom. The minimum atomic E-state index is -0.644. The average molecular weight is 481 g/mol. The molecule has 1 saturated heterocycles. The lowest BCUT2D eigenvalue weighted by Gasteiger charge is -2.62. The second-order valence-electron chi connectivity index (χ2n) is 12.3. The third-order valence-electron chi connectivity index (χ3n) is 9.64. The van der Waals surface area contributed by atoms with Crippen LogP contribution in [0, 0.1) is 34.5 Å². The van der Waals surface area contributed by atoms with Crippen molar-refractivity contribution in [2.75, 3.05) is 14.1 Å². The largest absolute Gasteiger partial charge is 0.458 e. The number of nitrogens with one attached hydrogen (secondary N) is 1. The number of carbonyl (C=O) groups is 2. The van der Waals surface area contributed by atoms with Crippen LogP contribution in [0.5, 0.6) is 0 Å². The van der Waals surface area contributed by atoms with E-state index < -0.39 is 17.7 Å². The SMILES string of the molecule is CN(C)C(Cc1ncc[nH]1)C(=O)OC12CC3CC(C1)CC(C(N)C(=O)N1C(C#N)CC4CC41)(C3)C2. The summed E-state index contributed by atoms with van der Waals surface area (Å²) in [6.07, 6.45) is 11.0. The van der Waals surface area contributed by atoms with E-state index in [1.807, 2.05) is 19.0 Å². The molecule has 2 heterocycles. The van der Waals surface area contributed by atoms with Crippen molar-refractivity contribution in [3.05, 3.63) is 18.2 Å². The van der Waals surface area contributed by atoms with Crippen LogP contribution in [-0.2, 0) is 20.7 Å². The van der Waals surface area contributed by atoms with Gasteiger partial charge in [-0.15, -0.1) is 0 Å². The number of piperidine rings is 1. The van der Waals surface area contributed by atoms with E-state index in [1.54, 1.807) is 17.3 Å². The number of imidazole rings is 1. The quantitative estimate of drug-likeness (QED) is 0.567. The van der Waals surface area contributed by atoms with Crippen molar-refractivity contribution in [2.24, 2.45) is 28.9 Å². The minimum absolute atomic E-state index is 0.0611. The van der Waals surface area contributed by atoms with Crippen molar-refractivity contribution in [3.8, 4) is 6.07 Å². The van der Waals surface area contributed by atoms with Crippen LogP contribution in [-0.4, -0.2) is 75.5 Å². The summed E-state index contributed by atoms with van der Waals surface area (Å²) >= 11 is 0. The zero-order valence-electron chi connectivity index (χ0n) is 20.7. The van der Waals surface area contributed by atoms with Crippen LogP contribution in [0.15, 0.2) is 12.4 Å². The molecule has 1 aromatic rings. The first kappa shape index (κ1) is 23.0. The molecule has 1 aromatic heterocycles. The molecular weight excluding hydrogens is 444 g/mol. The number of nitrogens with two attached hydrogens (primary N) is 1. The average Bonchev–Trinajstić information content (AvgIpc) is 3.19. The number of likely N-dealkylation sites (tertiary alicyclic amines) is 1. The molecule has 1 amide bonds. The van der Waals surface area contributed by atoms with Crippen molar-refractivity contribution in [3.63, 3.8) is 0 Å². The molecule has 4 bridgehead atoms. The fraction of sp³-hybridized carbons (Fsp3) is 0.769. The molecule has 6 fully saturated rings. The van der Waals surface area contributed by atoms with E-state index in [9.17, 15) is 14.9 Å². The minimum Gasteiger partial charge on any atom is -0.458 e. The van der Waals surface area contributed by atoms with Crippen molar-refractivity contribution >= 4 is 11.9 Å². The number of nitriles is 1. The molecule has 9 heteroatoms. The molecule has 7 rings (SSSR count). The third-order valence-corrected chi connectivity index (χ3v) is 9.64. The number of nitrogens with zero attached hydrogens (tertiary/aromatic N) is 4. The van der Waals surface area contributed by atoms with Gasteiger partial charge in [0.05, 0.1) is 12.1 Å². The van der Waals surface area contributed by atoms with Crippen LogP contribution in [0.3, 0.4) is 0 Å². The number of aromatic amines is 1. The molecule has 7 atom stereocenters. The van der Waals surface area contributed by atoms with Crippen LogP contribution in [0.2, 0.25) is 0 Å². The van der Waals surface area contributed by atoms with E-state index in [0.717, 1.165) is 50.8 Å². The molecule has 35 heavy (non-hydrogen) atoms. The second kappa shape index (κ2) is 8.04. The number of fused-ring (bicyclic) bond motifs is 1. The van der Waals surface area contributed by atoms with Gasteiger partial charge in [-0.25, -0.2) is 4.98 Å². The van der Waals surface area contributed by atoms with Gasteiger partial charge in [0.2, 0.25) is 5.91 Å². The molecule has 9 nitrogen and oxygen atoms in total. The molecule has 3 N–H and O–H groups in total. The monoisotopic (exact) mass is 480 g/mol. The Balaban J connectivity index is 1.22. The van der Waals surface area contributed by atoms with Crippen molar-refractivity contribution in [1.82, 2.24) is 19.8 Å². The maximum absolute atomic E-state index is 13.7. The summed E-state index contributed by atoms with van der Waals surface area (Å²) in [4.78, 5) is 38.3. The fourth-order valence-electron chi connectivity index (χ4n) is 8.39. The van der Waals surface area contributed by atoms with Gasteiger partial charge in [0.25, 0.3) is 0 Å². The molecule has 1 aliphatic heterocycles. The lowest BCUT2D eigenvalue weighted by Crippen LogP contribution is -2.66. The number of esters is 1. The van der Waals surface area contributed by atoms with E-state index in [4.69, 9.17) is 10.5 Å². The molecule has 5 aliphatic carbocycles. The second-order valence-corrected chi connectivity index (χ2v) is 12.3. The van der Waals surface area contributed by atoms with E-state index >= 15 is 0 Å². The first-order valence-corrected chi connectivity index (χ1v) is 13.1. The number of H-pyrrole nitrogens is 1. The van der Waals surface area contributed by atoms with Gasteiger partial charge >= 0.3 is 5.97 Å². The highest BCUT2D eigenvalue weighted by Gasteiger charge is 2.64. The first-order valence-electron chi connectivity index (χ1n) is 13.1. The summed E-state index contributed by atoms with van der Waals surface area (Å²) in [5.41, 5.74) is 5.90. The van der Waals surface area contributed by atoms with Gasteiger partial charge in [-0.05, 0) is 88.6 Å². The highest BCUT2D eigenvalue weighted by atomic mass is 16.6. The molecule has 0 aromatic carbocycles. The Bertz CT molecular complexity index is 1030. The number of amides is 1. The Labute approximate surface area is 206 Å². The molecule has 188 valence electrons. The van der Waals surface area contributed by atoms with E-state index in [-0.39, 0.29) is 29.4 Å². The van der Waals surface area contributed by atoms with E-state index in [0.29, 0.717) is 30.6 Å². The molecule has 0 radical (unpaired) electrons. The number of hydrogen-bond donors (Lipinski definition) is 2. The summed E-state index contributed by atoms with van der Waals surface area (Å²) < 4.78 is 6.42. The Kier molecular flexibility index (Phi) is 5.28. The number of rotatable bonds is 7. The fourth-order valence-corrected chi connectivity index (χ4v) is 8.39. The number of ether oxygens (including phenoxy) is 1. The zero-order chi connectivity index (χ0) is 24.5. The number of hydrogen-bond acceptors (Lipinski definition) is 7. The summed E-state index contributed by atoms with van der Waals surface area (Å²) in [6, 6.07) is 1.09.